The highest BCUT2D eigenvalue weighted by atomic mass is 32.2. The number of amides is 1. The maximum atomic E-state index is 13.4. The van der Waals surface area contributed by atoms with Gasteiger partial charge in [-0.25, -0.2) is 13.8 Å². The number of likely N-dealkylation sites (tertiary alicyclic amines) is 1. The number of carbonyl (C=O) groups excluding carboxylic acids is 1. The Morgan fingerprint density at radius 2 is 1.80 bits per heavy atom. The van der Waals surface area contributed by atoms with Crippen LogP contribution < -0.4 is 0 Å². The summed E-state index contributed by atoms with van der Waals surface area (Å²) in [5.74, 6) is 0.303. The minimum atomic E-state index is -3.78. The fraction of sp³-hybridized carbons (Fsp3) is 0.500. The normalized spacial score (nSPS) is 17.2. The molecule has 4 rings (SSSR count). The third kappa shape index (κ3) is 7.78. The van der Waals surface area contributed by atoms with Crippen LogP contribution in [-0.2, 0) is 26.0 Å². The molecule has 0 bridgehead atoms. The van der Waals surface area contributed by atoms with Crippen molar-refractivity contribution in [2.75, 3.05) is 40.8 Å². The Morgan fingerprint density at radius 1 is 1.09 bits per heavy atom. The Kier molecular flexibility index (Phi) is 10.4. The van der Waals surface area contributed by atoms with Crippen LogP contribution in [0.4, 0.5) is 4.79 Å². The molecule has 44 heavy (non-hydrogen) atoms. The van der Waals surface area contributed by atoms with Gasteiger partial charge in [0.1, 0.15) is 6.61 Å². The standard InChI is InChI=1S/C32H47N5O5SSi/c1-32(2,3)44(7,8)42-28-17-19-36(22-28)23-29(35(6)31(38)41-24-25-13-10-9-11-14-25)26-15-12-16-27(21-26)30-33-18-20-37(30)43(39,40)34(4)5/h9-16,18,20-21,28-29H,17,19,22-24H2,1-8H3/t28-,29-/m1/s1. The zero-order valence-corrected chi connectivity index (χ0v) is 29.0. The second-order valence-corrected chi connectivity index (χ2v) is 20.0. The predicted octanol–water partition coefficient (Wildman–Crippen LogP) is 5.61. The molecule has 1 amide bonds. The van der Waals surface area contributed by atoms with Crippen LogP contribution in [0, 0.1) is 0 Å². The number of ether oxygens (including phenoxy) is 1. The third-order valence-electron chi connectivity index (χ3n) is 8.74. The monoisotopic (exact) mass is 641 g/mol. The number of imidazole rings is 1. The van der Waals surface area contributed by atoms with E-state index in [1.807, 2.05) is 54.6 Å². The molecule has 1 aliphatic heterocycles. The van der Waals surface area contributed by atoms with Crippen LogP contribution in [0.2, 0.25) is 18.1 Å². The molecule has 0 unspecified atom stereocenters. The van der Waals surface area contributed by atoms with Crippen molar-refractivity contribution in [2.24, 2.45) is 0 Å². The molecule has 0 radical (unpaired) electrons. The SMILES string of the molecule is CN(C(=O)OCc1ccccc1)[C@H](CN1CC[C@@H](O[Si](C)(C)C(C)(C)C)C1)c1cccc(-c2nccn2S(=O)(=O)N(C)C)c1. The van der Waals surface area contributed by atoms with Gasteiger partial charge in [0, 0.05) is 58.7 Å². The fourth-order valence-electron chi connectivity index (χ4n) is 5.04. The highest BCUT2D eigenvalue weighted by molar-refractivity contribution is 7.87. The van der Waals surface area contributed by atoms with E-state index in [2.05, 4.69) is 43.7 Å². The lowest BCUT2D eigenvalue weighted by Crippen LogP contribution is -2.45. The van der Waals surface area contributed by atoms with Gasteiger partial charge in [-0.1, -0.05) is 69.3 Å². The lowest BCUT2D eigenvalue weighted by atomic mass is 10.0. The van der Waals surface area contributed by atoms with Crippen molar-refractivity contribution in [1.29, 1.82) is 0 Å². The van der Waals surface area contributed by atoms with Gasteiger partial charge in [0.2, 0.25) is 0 Å². The minimum absolute atomic E-state index is 0.123. The van der Waals surface area contributed by atoms with Crippen LogP contribution in [-0.4, -0.2) is 92.8 Å². The molecule has 3 aromatic rings. The van der Waals surface area contributed by atoms with E-state index in [9.17, 15) is 13.2 Å². The molecule has 0 N–H and O–H groups in total. The summed E-state index contributed by atoms with van der Waals surface area (Å²) in [6.45, 7) is 13.7. The van der Waals surface area contributed by atoms with E-state index in [-0.39, 0.29) is 23.8 Å². The van der Waals surface area contributed by atoms with E-state index in [1.165, 1.54) is 30.5 Å². The van der Waals surface area contributed by atoms with Gasteiger partial charge in [-0.05, 0) is 41.7 Å². The number of benzene rings is 2. The van der Waals surface area contributed by atoms with Crippen molar-refractivity contribution in [1.82, 2.24) is 23.1 Å². The van der Waals surface area contributed by atoms with E-state index in [1.54, 1.807) is 11.9 Å². The fourth-order valence-corrected chi connectivity index (χ4v) is 7.35. The Morgan fingerprint density at radius 3 is 2.45 bits per heavy atom. The number of aromatic nitrogens is 2. The van der Waals surface area contributed by atoms with E-state index >= 15 is 0 Å². The molecule has 10 nitrogen and oxygen atoms in total. The average Bonchev–Trinajstić information content (AvgIpc) is 3.64. The van der Waals surface area contributed by atoms with Gasteiger partial charge in [-0.3, -0.25) is 4.90 Å². The first-order valence-electron chi connectivity index (χ1n) is 15.0. The number of nitrogens with zero attached hydrogens (tertiary/aromatic N) is 5. The Balaban J connectivity index is 1.60. The molecule has 240 valence electrons. The summed E-state index contributed by atoms with van der Waals surface area (Å²) in [4.78, 5) is 21.8. The molecule has 2 atom stereocenters. The molecule has 2 heterocycles. The topological polar surface area (TPSA) is 97.2 Å². The van der Waals surface area contributed by atoms with Crippen LogP contribution in [0.5, 0.6) is 0 Å². The summed E-state index contributed by atoms with van der Waals surface area (Å²) in [5.41, 5.74) is 2.40. The van der Waals surface area contributed by atoms with Gasteiger partial charge in [0.05, 0.1) is 12.1 Å². The van der Waals surface area contributed by atoms with E-state index < -0.39 is 24.6 Å². The van der Waals surface area contributed by atoms with Crippen molar-refractivity contribution < 1.29 is 22.4 Å². The molecule has 1 aliphatic rings. The van der Waals surface area contributed by atoms with E-state index in [0.29, 0.717) is 17.9 Å². The molecule has 1 aromatic heterocycles. The summed E-state index contributed by atoms with van der Waals surface area (Å²) in [6.07, 6.45) is 3.55. The molecule has 0 saturated carbocycles. The Labute approximate surface area is 263 Å². The lowest BCUT2D eigenvalue weighted by Gasteiger charge is -2.38. The minimum Gasteiger partial charge on any atom is -0.445 e. The van der Waals surface area contributed by atoms with Gasteiger partial charge in [-0.15, -0.1) is 0 Å². The number of likely N-dealkylation sites (N-methyl/N-ethyl adjacent to an activating group) is 1. The summed E-state index contributed by atoms with van der Waals surface area (Å²) in [6, 6.07) is 16.8. The van der Waals surface area contributed by atoms with Crippen molar-refractivity contribution in [3.63, 3.8) is 0 Å². The van der Waals surface area contributed by atoms with Crippen molar-refractivity contribution >= 4 is 24.6 Å². The summed E-state index contributed by atoms with van der Waals surface area (Å²) in [5, 5.41) is 0.123. The largest absolute Gasteiger partial charge is 0.445 e. The second kappa shape index (κ2) is 13.5. The maximum Gasteiger partial charge on any atom is 0.410 e. The van der Waals surface area contributed by atoms with Crippen LogP contribution in [0.25, 0.3) is 11.4 Å². The first-order chi connectivity index (χ1) is 20.6. The quantitative estimate of drug-likeness (QED) is 0.251. The van der Waals surface area contributed by atoms with Gasteiger partial charge >= 0.3 is 16.3 Å². The number of hydrogen-bond acceptors (Lipinski definition) is 7. The predicted molar refractivity (Wildman–Crippen MR) is 176 cm³/mol. The van der Waals surface area contributed by atoms with E-state index in [4.69, 9.17) is 9.16 Å². The van der Waals surface area contributed by atoms with Crippen LogP contribution in [0.15, 0.2) is 67.0 Å². The number of hydrogen-bond donors (Lipinski definition) is 0. The van der Waals surface area contributed by atoms with Gasteiger partial charge in [0.15, 0.2) is 14.1 Å². The van der Waals surface area contributed by atoms with Crippen LogP contribution in [0.3, 0.4) is 0 Å². The van der Waals surface area contributed by atoms with Crippen LogP contribution in [0.1, 0.15) is 44.4 Å². The summed E-state index contributed by atoms with van der Waals surface area (Å²) >= 11 is 0. The molecule has 0 spiro atoms. The van der Waals surface area contributed by atoms with Crippen molar-refractivity contribution in [3.05, 3.63) is 78.1 Å². The lowest BCUT2D eigenvalue weighted by molar-refractivity contribution is 0.0819. The zero-order chi connectivity index (χ0) is 32.3. The number of rotatable bonds is 11. The Bertz CT molecular complexity index is 1520. The van der Waals surface area contributed by atoms with E-state index in [0.717, 1.165) is 34.9 Å². The van der Waals surface area contributed by atoms with Crippen molar-refractivity contribution in [2.45, 2.75) is 64.1 Å². The second-order valence-electron chi connectivity index (χ2n) is 13.2. The summed E-state index contributed by atoms with van der Waals surface area (Å²) < 4.78 is 40.7. The molecule has 2 aromatic carbocycles. The number of carbonyl (C=O) groups is 1. The highest BCUT2D eigenvalue weighted by Gasteiger charge is 2.41. The van der Waals surface area contributed by atoms with Crippen LogP contribution >= 0.6 is 0 Å². The first kappa shape index (κ1) is 33.9. The van der Waals surface area contributed by atoms with Gasteiger partial charge in [0.25, 0.3) is 0 Å². The average molecular weight is 642 g/mol. The smallest absolute Gasteiger partial charge is 0.410 e. The molecule has 12 heteroatoms. The summed E-state index contributed by atoms with van der Waals surface area (Å²) in [7, 11) is -0.978. The zero-order valence-electron chi connectivity index (χ0n) is 27.2. The first-order valence-corrected chi connectivity index (χ1v) is 19.3. The molecular weight excluding hydrogens is 595 g/mol. The Hall–Kier alpha value is -3.03. The molecule has 1 fully saturated rings. The van der Waals surface area contributed by atoms with Gasteiger partial charge in [-0.2, -0.15) is 12.7 Å². The molecule has 1 saturated heterocycles. The molecule has 0 aliphatic carbocycles. The van der Waals surface area contributed by atoms with Gasteiger partial charge < -0.3 is 14.1 Å². The third-order valence-corrected chi connectivity index (χ3v) is 15.0. The maximum absolute atomic E-state index is 13.4. The van der Waals surface area contributed by atoms with Crippen molar-refractivity contribution in [3.8, 4) is 11.4 Å². The molecular formula is C32H47N5O5SSi. The highest BCUT2D eigenvalue weighted by Crippen LogP contribution is 2.38.